The number of halogens is 1. The Kier molecular flexibility index (Phi) is 6.55. The minimum absolute atomic E-state index is 0.0131. The largest absolute Gasteiger partial charge is 0.452 e. The van der Waals surface area contributed by atoms with Crippen molar-refractivity contribution >= 4 is 40.8 Å². The van der Waals surface area contributed by atoms with E-state index in [-0.39, 0.29) is 22.2 Å². The van der Waals surface area contributed by atoms with Crippen LogP contribution < -0.4 is 10.6 Å². The predicted molar refractivity (Wildman–Crippen MR) is 109 cm³/mol. The first-order chi connectivity index (χ1) is 14.0. The molecule has 2 N–H and O–H groups in total. The second-order valence-electron chi connectivity index (χ2n) is 5.83. The monoisotopic (exact) mass is 409 g/mol. The van der Waals surface area contributed by atoms with Crippen LogP contribution in [0, 0.1) is 0 Å². The van der Waals surface area contributed by atoms with Gasteiger partial charge in [-0.2, -0.15) is 0 Å². The van der Waals surface area contributed by atoms with Crippen molar-refractivity contribution in [3.05, 3.63) is 89.2 Å². The Bertz CT molecular complexity index is 1040. The van der Waals surface area contributed by atoms with Gasteiger partial charge in [0.15, 0.2) is 6.61 Å². The molecule has 0 saturated heterocycles. The van der Waals surface area contributed by atoms with Crippen molar-refractivity contribution < 1.29 is 19.1 Å². The van der Waals surface area contributed by atoms with Gasteiger partial charge in [0.1, 0.15) is 5.15 Å². The van der Waals surface area contributed by atoms with Gasteiger partial charge in [-0.1, -0.05) is 41.9 Å². The van der Waals surface area contributed by atoms with Crippen LogP contribution in [0.25, 0.3) is 0 Å². The molecule has 1 heterocycles. The molecule has 146 valence electrons. The van der Waals surface area contributed by atoms with Crippen LogP contribution in [0.5, 0.6) is 0 Å². The van der Waals surface area contributed by atoms with E-state index in [4.69, 9.17) is 16.3 Å². The number of benzene rings is 2. The number of anilines is 2. The lowest BCUT2D eigenvalue weighted by atomic mass is 10.1. The van der Waals surface area contributed by atoms with Crippen LogP contribution in [0.4, 0.5) is 11.4 Å². The molecule has 2 amide bonds. The summed E-state index contributed by atoms with van der Waals surface area (Å²) in [6.07, 6.45) is 1.43. The van der Waals surface area contributed by atoms with Gasteiger partial charge in [-0.3, -0.25) is 9.59 Å². The van der Waals surface area contributed by atoms with Gasteiger partial charge in [0.05, 0.1) is 16.8 Å². The highest BCUT2D eigenvalue weighted by Gasteiger charge is 2.16. The Morgan fingerprint density at radius 1 is 0.862 bits per heavy atom. The summed E-state index contributed by atoms with van der Waals surface area (Å²) in [4.78, 5) is 40.5. The molecular weight excluding hydrogens is 394 g/mol. The summed E-state index contributed by atoms with van der Waals surface area (Å²) in [6.45, 7) is -0.543. The van der Waals surface area contributed by atoms with Crippen LogP contribution in [0.1, 0.15) is 20.7 Å². The molecule has 0 unspecified atom stereocenters. The predicted octanol–water partition coefficient (Wildman–Crippen LogP) is 3.78. The average molecular weight is 410 g/mol. The Labute approximate surface area is 171 Å². The number of esters is 1. The van der Waals surface area contributed by atoms with E-state index in [0.717, 1.165) is 0 Å². The zero-order chi connectivity index (χ0) is 20.6. The van der Waals surface area contributed by atoms with Crippen LogP contribution in [-0.4, -0.2) is 29.4 Å². The van der Waals surface area contributed by atoms with Gasteiger partial charge in [-0.25, -0.2) is 9.78 Å². The minimum atomic E-state index is -0.770. The molecular formula is C21H16ClN3O4. The van der Waals surface area contributed by atoms with Crippen LogP contribution in [0.15, 0.2) is 72.9 Å². The maximum Gasteiger partial charge on any atom is 0.341 e. The van der Waals surface area contributed by atoms with E-state index in [1.54, 1.807) is 48.5 Å². The molecule has 0 aliphatic heterocycles. The van der Waals surface area contributed by atoms with Crippen LogP contribution in [-0.2, 0) is 9.53 Å². The Morgan fingerprint density at radius 2 is 1.55 bits per heavy atom. The Hall–Kier alpha value is -3.71. The minimum Gasteiger partial charge on any atom is -0.452 e. The number of pyridine rings is 1. The molecule has 0 bridgehead atoms. The first-order valence-corrected chi connectivity index (χ1v) is 8.95. The summed E-state index contributed by atoms with van der Waals surface area (Å²) >= 11 is 5.83. The summed E-state index contributed by atoms with van der Waals surface area (Å²) < 4.78 is 4.96. The van der Waals surface area contributed by atoms with Crippen molar-refractivity contribution in [3.8, 4) is 0 Å². The molecule has 3 aromatic rings. The normalized spacial score (nSPS) is 10.1. The summed E-state index contributed by atoms with van der Waals surface area (Å²) in [5, 5.41) is 5.31. The first kappa shape index (κ1) is 20.0. The van der Waals surface area contributed by atoms with Gasteiger partial charge in [0, 0.05) is 11.9 Å². The molecule has 0 aliphatic carbocycles. The van der Waals surface area contributed by atoms with E-state index in [0.29, 0.717) is 11.4 Å². The fourth-order valence-corrected chi connectivity index (χ4v) is 2.64. The molecule has 0 saturated carbocycles. The second kappa shape index (κ2) is 9.48. The number of carbonyl (C=O) groups is 3. The molecule has 8 heteroatoms. The SMILES string of the molecule is O=C(COC(=O)c1cccnc1Cl)Nc1ccccc1C(=O)Nc1ccccc1. The molecule has 7 nitrogen and oxygen atoms in total. The van der Waals surface area contributed by atoms with Gasteiger partial charge < -0.3 is 15.4 Å². The number of nitrogens with zero attached hydrogens (tertiary/aromatic N) is 1. The number of aromatic nitrogens is 1. The molecule has 3 rings (SSSR count). The van der Waals surface area contributed by atoms with Crippen molar-refractivity contribution in [2.75, 3.05) is 17.2 Å². The van der Waals surface area contributed by atoms with Crippen molar-refractivity contribution in [1.29, 1.82) is 0 Å². The highest BCUT2D eigenvalue weighted by atomic mass is 35.5. The van der Waals surface area contributed by atoms with E-state index >= 15 is 0 Å². The third kappa shape index (κ3) is 5.40. The number of hydrogen-bond acceptors (Lipinski definition) is 5. The summed E-state index contributed by atoms with van der Waals surface area (Å²) in [7, 11) is 0. The zero-order valence-electron chi connectivity index (χ0n) is 15.1. The molecule has 0 atom stereocenters. The highest BCUT2D eigenvalue weighted by molar-refractivity contribution is 6.32. The number of carbonyl (C=O) groups excluding carboxylic acids is 3. The van der Waals surface area contributed by atoms with E-state index in [2.05, 4.69) is 15.6 Å². The van der Waals surface area contributed by atoms with Crippen LogP contribution >= 0.6 is 11.6 Å². The van der Waals surface area contributed by atoms with E-state index in [9.17, 15) is 14.4 Å². The third-order valence-corrected chi connectivity index (χ3v) is 4.09. The van der Waals surface area contributed by atoms with Crippen molar-refractivity contribution in [3.63, 3.8) is 0 Å². The van der Waals surface area contributed by atoms with E-state index in [1.807, 2.05) is 6.07 Å². The standard InChI is InChI=1S/C21H16ClN3O4/c22-19-16(10-6-12-23-19)21(28)29-13-18(26)25-17-11-5-4-9-15(17)20(27)24-14-7-2-1-3-8-14/h1-12H,13H2,(H,24,27)(H,25,26). The lowest BCUT2D eigenvalue weighted by Crippen LogP contribution is -2.23. The Morgan fingerprint density at radius 3 is 2.31 bits per heavy atom. The lowest BCUT2D eigenvalue weighted by Gasteiger charge is -2.12. The van der Waals surface area contributed by atoms with E-state index in [1.165, 1.54) is 18.3 Å². The number of amides is 2. The summed E-state index contributed by atoms with van der Waals surface area (Å²) in [5.74, 6) is -1.75. The molecule has 0 radical (unpaired) electrons. The number of ether oxygens (including phenoxy) is 1. The lowest BCUT2D eigenvalue weighted by molar-refractivity contribution is -0.119. The van der Waals surface area contributed by atoms with Crippen LogP contribution in [0.3, 0.4) is 0 Å². The van der Waals surface area contributed by atoms with Gasteiger partial charge >= 0.3 is 5.97 Å². The first-order valence-electron chi connectivity index (χ1n) is 8.57. The van der Waals surface area contributed by atoms with E-state index < -0.39 is 18.5 Å². The molecule has 29 heavy (non-hydrogen) atoms. The fraction of sp³-hybridized carbons (Fsp3) is 0.0476. The second-order valence-corrected chi connectivity index (χ2v) is 6.19. The molecule has 1 aromatic heterocycles. The van der Waals surface area contributed by atoms with Gasteiger partial charge in [0.2, 0.25) is 0 Å². The van der Waals surface area contributed by atoms with Crippen molar-refractivity contribution in [2.45, 2.75) is 0 Å². The van der Waals surface area contributed by atoms with Gasteiger partial charge in [-0.05, 0) is 36.4 Å². The third-order valence-electron chi connectivity index (χ3n) is 3.79. The topological polar surface area (TPSA) is 97.4 Å². The molecule has 0 aliphatic rings. The number of rotatable bonds is 6. The summed E-state index contributed by atoms with van der Waals surface area (Å²) in [5.41, 5.74) is 1.25. The highest BCUT2D eigenvalue weighted by Crippen LogP contribution is 2.18. The number of nitrogens with one attached hydrogen (secondary N) is 2. The summed E-state index contributed by atoms with van der Waals surface area (Å²) in [6, 6.07) is 18.4. The van der Waals surface area contributed by atoms with Crippen LogP contribution in [0.2, 0.25) is 5.15 Å². The quantitative estimate of drug-likeness (QED) is 0.477. The zero-order valence-corrected chi connectivity index (χ0v) is 15.8. The molecule has 0 spiro atoms. The van der Waals surface area contributed by atoms with Crippen molar-refractivity contribution in [2.24, 2.45) is 0 Å². The van der Waals surface area contributed by atoms with Gasteiger partial charge in [0.25, 0.3) is 11.8 Å². The Balaban J connectivity index is 1.63. The van der Waals surface area contributed by atoms with Gasteiger partial charge in [-0.15, -0.1) is 0 Å². The maximum atomic E-state index is 12.5. The number of hydrogen-bond donors (Lipinski definition) is 2. The number of para-hydroxylation sites is 2. The average Bonchev–Trinajstić information content (AvgIpc) is 2.73. The maximum absolute atomic E-state index is 12.5. The molecule has 2 aromatic carbocycles. The molecule has 0 fully saturated rings. The van der Waals surface area contributed by atoms with Crippen molar-refractivity contribution in [1.82, 2.24) is 4.98 Å². The fourth-order valence-electron chi connectivity index (χ4n) is 2.44. The smallest absolute Gasteiger partial charge is 0.341 e.